The largest absolute Gasteiger partial charge is 0.493 e. The van der Waals surface area contributed by atoms with Crippen LogP contribution in [0.5, 0.6) is 17.2 Å². The van der Waals surface area contributed by atoms with Gasteiger partial charge in [0.25, 0.3) is 5.91 Å². The topological polar surface area (TPSA) is 77.1 Å². The minimum Gasteiger partial charge on any atom is -0.493 e. The summed E-state index contributed by atoms with van der Waals surface area (Å²) >= 11 is 0. The molecule has 2 aromatic rings. The molecule has 1 atom stereocenters. The fourth-order valence-corrected chi connectivity index (χ4v) is 3.97. The molecule has 4 rings (SSSR count). The van der Waals surface area contributed by atoms with Crippen LogP contribution in [0.25, 0.3) is 0 Å². The summed E-state index contributed by atoms with van der Waals surface area (Å²) < 4.78 is 16.6. The first-order chi connectivity index (χ1) is 13.6. The molecule has 0 saturated heterocycles. The maximum absolute atomic E-state index is 12.4. The standard InChI is InChI=1S/C21H22N2O5/c1-4-23-16-8-14-13(12-6-5-7-17(26-2)21(12)27-3)9-19(24)22-15(14)10-18(16)28-11-20(23)25/h5-8,10,13H,4,9,11H2,1-3H3,(H,22,24)/t13-/m1/s1. The van der Waals surface area contributed by atoms with Gasteiger partial charge in [0.15, 0.2) is 18.1 Å². The summed E-state index contributed by atoms with van der Waals surface area (Å²) in [6.45, 7) is 2.48. The van der Waals surface area contributed by atoms with Crippen molar-refractivity contribution in [2.24, 2.45) is 0 Å². The monoisotopic (exact) mass is 382 g/mol. The molecule has 2 aliphatic heterocycles. The van der Waals surface area contributed by atoms with E-state index in [0.717, 1.165) is 16.8 Å². The zero-order chi connectivity index (χ0) is 19.8. The Morgan fingerprint density at radius 2 is 2.00 bits per heavy atom. The second kappa shape index (κ2) is 7.07. The summed E-state index contributed by atoms with van der Waals surface area (Å²) in [5.41, 5.74) is 3.20. The van der Waals surface area contributed by atoms with E-state index < -0.39 is 0 Å². The third-order valence-corrected chi connectivity index (χ3v) is 5.24. The highest BCUT2D eigenvalue weighted by atomic mass is 16.5. The third kappa shape index (κ3) is 2.83. The lowest BCUT2D eigenvalue weighted by atomic mass is 9.83. The van der Waals surface area contributed by atoms with Gasteiger partial charge in [0.1, 0.15) is 5.75 Å². The van der Waals surface area contributed by atoms with Crippen LogP contribution in [-0.4, -0.2) is 39.2 Å². The van der Waals surface area contributed by atoms with Crippen molar-refractivity contribution in [3.63, 3.8) is 0 Å². The quantitative estimate of drug-likeness (QED) is 0.880. The number of anilines is 2. The maximum atomic E-state index is 12.4. The van der Waals surface area contributed by atoms with Crippen LogP contribution in [0.1, 0.15) is 30.4 Å². The number of hydrogen-bond acceptors (Lipinski definition) is 5. The number of amides is 2. The molecule has 7 nitrogen and oxygen atoms in total. The van der Waals surface area contributed by atoms with Crippen LogP contribution in [0.4, 0.5) is 11.4 Å². The molecule has 0 aliphatic carbocycles. The molecule has 1 N–H and O–H groups in total. The molecule has 0 aromatic heterocycles. The first-order valence-corrected chi connectivity index (χ1v) is 9.19. The Bertz CT molecular complexity index is 956. The minimum absolute atomic E-state index is 0.000703. The number of rotatable bonds is 4. The van der Waals surface area contributed by atoms with E-state index in [1.54, 1.807) is 25.2 Å². The lowest BCUT2D eigenvalue weighted by Crippen LogP contribution is -2.39. The highest BCUT2D eigenvalue weighted by molar-refractivity contribution is 6.01. The van der Waals surface area contributed by atoms with Crippen LogP contribution in [0.2, 0.25) is 0 Å². The van der Waals surface area contributed by atoms with E-state index in [1.807, 2.05) is 31.2 Å². The average Bonchev–Trinajstić information content (AvgIpc) is 2.71. The van der Waals surface area contributed by atoms with Gasteiger partial charge in [0, 0.05) is 36.2 Å². The first kappa shape index (κ1) is 18.2. The Kier molecular flexibility index (Phi) is 4.58. The van der Waals surface area contributed by atoms with Gasteiger partial charge in [-0.15, -0.1) is 0 Å². The number of carbonyl (C=O) groups is 2. The van der Waals surface area contributed by atoms with E-state index in [2.05, 4.69) is 5.32 Å². The van der Waals surface area contributed by atoms with Crippen LogP contribution in [0.15, 0.2) is 30.3 Å². The van der Waals surface area contributed by atoms with E-state index in [0.29, 0.717) is 29.5 Å². The Morgan fingerprint density at radius 1 is 1.18 bits per heavy atom. The molecule has 0 radical (unpaired) electrons. The molecule has 0 spiro atoms. The lowest BCUT2D eigenvalue weighted by molar-refractivity contribution is -0.121. The number of benzene rings is 2. The van der Waals surface area contributed by atoms with E-state index in [4.69, 9.17) is 14.2 Å². The molecule has 0 unspecified atom stereocenters. The van der Waals surface area contributed by atoms with Gasteiger partial charge < -0.3 is 24.4 Å². The number of para-hydroxylation sites is 1. The van der Waals surface area contributed by atoms with E-state index in [-0.39, 0.29) is 30.8 Å². The van der Waals surface area contributed by atoms with Crippen molar-refractivity contribution in [2.75, 3.05) is 37.6 Å². The number of likely N-dealkylation sites (N-methyl/N-ethyl adjacent to an activating group) is 1. The predicted molar refractivity (Wildman–Crippen MR) is 105 cm³/mol. The zero-order valence-electron chi connectivity index (χ0n) is 16.1. The summed E-state index contributed by atoms with van der Waals surface area (Å²) in [4.78, 5) is 26.4. The number of methoxy groups -OCH3 is 2. The summed E-state index contributed by atoms with van der Waals surface area (Å²) in [6, 6.07) is 9.38. The van der Waals surface area contributed by atoms with Crippen molar-refractivity contribution in [1.82, 2.24) is 0 Å². The van der Waals surface area contributed by atoms with Gasteiger partial charge in [-0.25, -0.2) is 0 Å². The predicted octanol–water partition coefficient (Wildman–Crippen LogP) is 2.92. The van der Waals surface area contributed by atoms with Crippen LogP contribution in [-0.2, 0) is 9.59 Å². The number of fused-ring (bicyclic) bond motifs is 2. The van der Waals surface area contributed by atoms with Crippen LogP contribution in [0, 0.1) is 0 Å². The highest BCUT2D eigenvalue weighted by Crippen LogP contribution is 2.47. The third-order valence-electron chi connectivity index (χ3n) is 5.24. The van der Waals surface area contributed by atoms with Crippen molar-refractivity contribution in [3.8, 4) is 17.2 Å². The van der Waals surface area contributed by atoms with Gasteiger partial charge in [0.2, 0.25) is 5.91 Å². The Morgan fingerprint density at radius 3 is 2.71 bits per heavy atom. The molecular weight excluding hydrogens is 360 g/mol. The number of carbonyl (C=O) groups excluding carboxylic acids is 2. The Balaban J connectivity index is 1.89. The molecule has 0 saturated carbocycles. The number of nitrogens with zero attached hydrogens (tertiary/aromatic N) is 1. The average molecular weight is 382 g/mol. The van der Waals surface area contributed by atoms with Crippen molar-refractivity contribution in [3.05, 3.63) is 41.5 Å². The lowest BCUT2D eigenvalue weighted by Gasteiger charge is -2.33. The molecule has 2 heterocycles. The zero-order valence-corrected chi connectivity index (χ0v) is 16.1. The molecule has 28 heavy (non-hydrogen) atoms. The van der Waals surface area contributed by atoms with Gasteiger partial charge in [-0.3, -0.25) is 9.59 Å². The van der Waals surface area contributed by atoms with Gasteiger partial charge in [-0.2, -0.15) is 0 Å². The number of ether oxygens (including phenoxy) is 3. The second-order valence-electron chi connectivity index (χ2n) is 6.72. The van der Waals surface area contributed by atoms with Crippen LogP contribution >= 0.6 is 0 Å². The summed E-state index contributed by atoms with van der Waals surface area (Å²) in [6.07, 6.45) is 0.274. The van der Waals surface area contributed by atoms with Crippen molar-refractivity contribution >= 4 is 23.2 Å². The number of nitrogens with one attached hydrogen (secondary N) is 1. The number of hydrogen-bond donors (Lipinski definition) is 1. The smallest absolute Gasteiger partial charge is 0.265 e. The van der Waals surface area contributed by atoms with Crippen LogP contribution < -0.4 is 24.4 Å². The molecule has 7 heteroatoms. The van der Waals surface area contributed by atoms with Gasteiger partial charge in [0.05, 0.1) is 19.9 Å². The van der Waals surface area contributed by atoms with Crippen molar-refractivity contribution < 1.29 is 23.8 Å². The molecule has 0 bridgehead atoms. The first-order valence-electron chi connectivity index (χ1n) is 9.19. The normalized spacial score (nSPS) is 18.0. The second-order valence-corrected chi connectivity index (χ2v) is 6.72. The van der Waals surface area contributed by atoms with Crippen LogP contribution in [0.3, 0.4) is 0 Å². The van der Waals surface area contributed by atoms with Crippen molar-refractivity contribution in [2.45, 2.75) is 19.3 Å². The summed E-state index contributed by atoms with van der Waals surface area (Å²) in [7, 11) is 3.17. The van der Waals surface area contributed by atoms with Crippen molar-refractivity contribution in [1.29, 1.82) is 0 Å². The molecule has 0 fully saturated rings. The minimum atomic E-state index is -0.227. The molecular formula is C21H22N2O5. The summed E-state index contributed by atoms with van der Waals surface area (Å²) in [5.74, 6) is 1.42. The van der Waals surface area contributed by atoms with E-state index in [9.17, 15) is 9.59 Å². The van der Waals surface area contributed by atoms with Gasteiger partial charge >= 0.3 is 0 Å². The fourth-order valence-electron chi connectivity index (χ4n) is 3.97. The summed E-state index contributed by atoms with van der Waals surface area (Å²) in [5, 5.41) is 2.93. The van der Waals surface area contributed by atoms with E-state index >= 15 is 0 Å². The SMILES string of the molecule is CCN1C(=O)COc2cc3c(cc21)[C@@H](c1cccc(OC)c1OC)CC(=O)N3. The Labute approximate surface area is 163 Å². The van der Waals surface area contributed by atoms with Gasteiger partial charge in [-0.1, -0.05) is 12.1 Å². The maximum Gasteiger partial charge on any atom is 0.265 e. The molecule has 2 amide bonds. The Hall–Kier alpha value is -3.22. The highest BCUT2D eigenvalue weighted by Gasteiger charge is 2.33. The molecule has 2 aliphatic rings. The van der Waals surface area contributed by atoms with Gasteiger partial charge in [-0.05, 0) is 24.6 Å². The molecule has 146 valence electrons. The fraction of sp³-hybridized carbons (Fsp3) is 0.333. The molecule has 2 aromatic carbocycles. The van der Waals surface area contributed by atoms with E-state index in [1.165, 1.54) is 0 Å².